The normalized spacial score (nSPS) is 14.6. The van der Waals surface area contributed by atoms with Gasteiger partial charge in [0.25, 0.3) is 0 Å². The molecular weight excluding hydrogens is 716 g/mol. The number of carboxylic acid groups (broad SMARTS) is 2. The monoisotopic (exact) mass is 747 g/mol. The lowest BCUT2D eigenvalue weighted by atomic mass is 10.00. The number of anilines is 2. The minimum Gasteiger partial charge on any atom is -0.475 e. The number of benzene rings is 2. The van der Waals surface area contributed by atoms with Gasteiger partial charge in [0.05, 0.1) is 22.8 Å². The number of halogens is 6. The molecule has 1 unspecified atom stereocenters. The molecule has 3 aromatic heterocycles. The lowest BCUT2D eigenvalue weighted by molar-refractivity contribution is -0.193. The Morgan fingerprint density at radius 3 is 2.06 bits per heavy atom. The van der Waals surface area contributed by atoms with E-state index in [1.54, 1.807) is 0 Å². The van der Waals surface area contributed by atoms with Crippen molar-refractivity contribution in [3.63, 3.8) is 0 Å². The molecule has 3 N–H and O–H groups in total. The summed E-state index contributed by atoms with van der Waals surface area (Å²) < 4.78 is 63.5. The highest BCUT2D eigenvalue weighted by Gasteiger charge is 2.39. The van der Waals surface area contributed by atoms with Crippen LogP contribution in [0.4, 0.5) is 37.8 Å². The molecule has 1 aliphatic heterocycles. The highest BCUT2D eigenvalue weighted by molar-refractivity contribution is 7.80. The van der Waals surface area contributed by atoms with Crippen LogP contribution < -0.4 is 10.2 Å². The smallest absolute Gasteiger partial charge is 0.475 e. The number of fused-ring (bicyclic) bond motifs is 2. The fourth-order valence-corrected chi connectivity index (χ4v) is 5.46. The van der Waals surface area contributed by atoms with Gasteiger partial charge in [-0.3, -0.25) is 9.97 Å². The Bertz CT molecular complexity index is 2000. The van der Waals surface area contributed by atoms with Crippen molar-refractivity contribution < 1.29 is 46.1 Å². The van der Waals surface area contributed by atoms with Crippen LogP contribution in [0.1, 0.15) is 13.8 Å². The lowest BCUT2D eigenvalue weighted by Gasteiger charge is -2.45. The van der Waals surface area contributed by atoms with Crippen LogP contribution in [0.2, 0.25) is 0 Å². The number of hydrogen-bond donors (Lipinski definition) is 3. The predicted octanol–water partition coefficient (Wildman–Crippen LogP) is 7.05. The lowest BCUT2D eigenvalue weighted by Crippen LogP contribution is -2.58. The summed E-state index contributed by atoms with van der Waals surface area (Å²) in [6.45, 7) is 6.94. The average molecular weight is 748 g/mol. The van der Waals surface area contributed by atoms with Crippen LogP contribution in [-0.2, 0) is 9.59 Å². The molecule has 0 amide bonds. The van der Waals surface area contributed by atoms with Crippen molar-refractivity contribution in [3.05, 3.63) is 85.2 Å². The van der Waals surface area contributed by atoms with E-state index in [1.807, 2.05) is 48.8 Å². The van der Waals surface area contributed by atoms with Crippen LogP contribution in [0.15, 0.2) is 85.2 Å². The highest BCUT2D eigenvalue weighted by Crippen LogP contribution is 2.27. The molecule has 0 bridgehead atoms. The van der Waals surface area contributed by atoms with Crippen molar-refractivity contribution in [2.24, 2.45) is 5.92 Å². The Morgan fingerprint density at radius 1 is 0.827 bits per heavy atom. The van der Waals surface area contributed by atoms with E-state index >= 15 is 0 Å². The predicted molar refractivity (Wildman–Crippen MR) is 186 cm³/mol. The van der Waals surface area contributed by atoms with E-state index in [0.29, 0.717) is 5.92 Å². The summed E-state index contributed by atoms with van der Waals surface area (Å²) in [5, 5.41) is 29.8. The van der Waals surface area contributed by atoms with Gasteiger partial charge in [-0.25, -0.2) is 9.59 Å². The molecule has 52 heavy (non-hydrogen) atoms. The van der Waals surface area contributed by atoms with Gasteiger partial charge < -0.3 is 25.3 Å². The van der Waals surface area contributed by atoms with Gasteiger partial charge in [0.15, 0.2) is 10.9 Å². The summed E-state index contributed by atoms with van der Waals surface area (Å²) in [4.78, 5) is 31.3. The van der Waals surface area contributed by atoms with Gasteiger partial charge >= 0.3 is 24.3 Å². The molecule has 274 valence electrons. The van der Waals surface area contributed by atoms with Crippen LogP contribution in [0.3, 0.4) is 0 Å². The van der Waals surface area contributed by atoms with Crippen LogP contribution >= 0.6 is 12.2 Å². The number of thiocarbonyl (C=S) groups is 1. The molecule has 4 heterocycles. The Morgan fingerprint density at radius 2 is 1.46 bits per heavy atom. The third-order valence-electron chi connectivity index (χ3n) is 7.69. The minimum absolute atomic E-state index is 0.242. The number of pyridine rings is 2. The van der Waals surface area contributed by atoms with Gasteiger partial charge in [-0.05, 0) is 72.7 Å². The topological polar surface area (TPSA) is 145 Å². The standard InChI is InChI=1S/C30H29N7S.2C2HF3O2/c1-20(2)28-19-36(16-17-37(28)30(38)33-27-9-3-8-26-23(27)7-5-15-32-26)29-13-12-25(34-35-29)22-10-11-24-21(18-22)6-4-14-31-24;2*3-2(4,5)1(6)7/h3-15,18,20,28H,16-17,19H2,1-2H3,(H,33,38);2*(H,6,7). The molecule has 1 fully saturated rings. The number of nitrogens with zero attached hydrogens (tertiary/aromatic N) is 6. The molecule has 6 rings (SSSR count). The SMILES string of the molecule is CC(C)C1CN(c2ccc(-c3ccc4ncccc4c3)nn2)CCN1C(=S)Nc1cccc2ncccc12.O=C(O)C(F)(F)F.O=C(O)C(F)(F)F. The molecule has 1 saturated heterocycles. The number of carbonyl (C=O) groups is 2. The number of rotatable bonds is 4. The zero-order chi connectivity index (χ0) is 38.2. The molecule has 1 aliphatic rings. The van der Waals surface area contributed by atoms with Gasteiger partial charge in [-0.2, -0.15) is 26.3 Å². The van der Waals surface area contributed by atoms with E-state index in [2.05, 4.69) is 85.5 Å². The Labute approximate surface area is 297 Å². The first-order chi connectivity index (χ1) is 24.5. The second-order valence-electron chi connectivity index (χ2n) is 11.6. The van der Waals surface area contributed by atoms with Crippen molar-refractivity contribution in [1.82, 2.24) is 25.1 Å². The second kappa shape index (κ2) is 16.6. The van der Waals surface area contributed by atoms with E-state index in [4.69, 9.17) is 32.0 Å². The Kier molecular flexibility index (Phi) is 12.5. The van der Waals surface area contributed by atoms with Crippen molar-refractivity contribution >= 4 is 62.6 Å². The Balaban J connectivity index is 0.000000367. The van der Waals surface area contributed by atoms with Crippen LogP contribution in [0, 0.1) is 5.92 Å². The quantitative estimate of drug-likeness (QED) is 0.128. The Hall–Kier alpha value is -5.65. The zero-order valence-electron chi connectivity index (χ0n) is 27.4. The molecule has 0 spiro atoms. The summed E-state index contributed by atoms with van der Waals surface area (Å²) in [5.74, 6) is -4.22. The van der Waals surface area contributed by atoms with Gasteiger partial charge in [0.1, 0.15) is 0 Å². The van der Waals surface area contributed by atoms with Gasteiger partial charge in [-0.15, -0.1) is 10.2 Å². The van der Waals surface area contributed by atoms with Gasteiger partial charge in [-0.1, -0.05) is 32.0 Å². The highest BCUT2D eigenvalue weighted by atomic mass is 32.1. The summed E-state index contributed by atoms with van der Waals surface area (Å²) in [6.07, 6.45) is -6.54. The molecule has 11 nitrogen and oxygen atoms in total. The van der Waals surface area contributed by atoms with E-state index in [-0.39, 0.29) is 6.04 Å². The molecule has 2 aromatic carbocycles. The van der Waals surface area contributed by atoms with Crippen LogP contribution in [0.25, 0.3) is 33.1 Å². The van der Waals surface area contributed by atoms with Gasteiger partial charge in [0, 0.05) is 54.1 Å². The zero-order valence-corrected chi connectivity index (χ0v) is 28.2. The summed E-state index contributed by atoms with van der Waals surface area (Å²) >= 11 is 5.92. The summed E-state index contributed by atoms with van der Waals surface area (Å²) in [6, 6.07) is 24.7. The number of carboxylic acids is 2. The van der Waals surface area contributed by atoms with E-state index < -0.39 is 24.3 Å². The van der Waals surface area contributed by atoms with Crippen LogP contribution in [-0.4, -0.2) is 90.4 Å². The van der Waals surface area contributed by atoms with E-state index in [0.717, 1.165) is 69.3 Å². The first kappa shape index (κ1) is 39.1. The maximum atomic E-state index is 10.6. The van der Waals surface area contributed by atoms with Crippen LogP contribution in [0.5, 0.6) is 0 Å². The number of aliphatic carboxylic acids is 2. The molecule has 0 aliphatic carbocycles. The van der Waals surface area contributed by atoms with Crippen molar-refractivity contribution in [1.29, 1.82) is 0 Å². The fraction of sp³-hybridized carbons (Fsp3) is 0.265. The molecular formula is C34H31F6N7O4S. The number of nitrogens with one attached hydrogen (secondary N) is 1. The molecule has 0 radical (unpaired) electrons. The number of alkyl halides is 6. The maximum Gasteiger partial charge on any atom is 0.490 e. The average Bonchev–Trinajstić information content (AvgIpc) is 3.11. The second-order valence-corrected chi connectivity index (χ2v) is 11.9. The molecule has 1 atom stereocenters. The van der Waals surface area contributed by atoms with Crippen molar-refractivity contribution in [3.8, 4) is 11.3 Å². The molecule has 18 heteroatoms. The van der Waals surface area contributed by atoms with E-state index in [1.165, 1.54) is 0 Å². The minimum atomic E-state index is -5.08. The van der Waals surface area contributed by atoms with Gasteiger partial charge in [0.2, 0.25) is 0 Å². The van der Waals surface area contributed by atoms with Crippen molar-refractivity contribution in [2.45, 2.75) is 32.2 Å². The first-order valence-electron chi connectivity index (χ1n) is 15.4. The largest absolute Gasteiger partial charge is 0.490 e. The number of piperazine rings is 1. The number of aromatic nitrogens is 4. The third-order valence-corrected chi connectivity index (χ3v) is 8.03. The fourth-order valence-electron chi connectivity index (χ4n) is 5.12. The third kappa shape index (κ3) is 10.2. The van der Waals surface area contributed by atoms with E-state index in [9.17, 15) is 26.3 Å². The number of hydrogen-bond acceptors (Lipinski definition) is 8. The maximum absolute atomic E-state index is 10.6. The molecule has 0 saturated carbocycles. The first-order valence-corrected chi connectivity index (χ1v) is 15.8. The van der Waals surface area contributed by atoms with Crippen molar-refractivity contribution in [2.75, 3.05) is 29.9 Å². The molecule has 5 aromatic rings. The summed E-state index contributed by atoms with van der Waals surface area (Å²) in [7, 11) is 0. The summed E-state index contributed by atoms with van der Waals surface area (Å²) in [5.41, 5.74) is 4.80.